The molecule has 0 unspecified atom stereocenters. The molecule has 0 aliphatic carbocycles. The number of hydrogen-bond acceptors (Lipinski definition) is 4. The number of rotatable bonds is 1. The molecule has 0 spiro atoms. The Hall–Kier alpha value is -3.21. The molecule has 3 aromatic rings. The lowest BCUT2D eigenvalue weighted by molar-refractivity contribution is 0.362. The maximum Gasteiger partial charge on any atom is 0.130 e. The van der Waals surface area contributed by atoms with Crippen LogP contribution >= 0.6 is 0 Å². The number of benzene rings is 2. The molecule has 5 heteroatoms. The van der Waals surface area contributed by atoms with Crippen LogP contribution in [0.3, 0.4) is 0 Å². The summed E-state index contributed by atoms with van der Waals surface area (Å²) in [5, 5.41) is 18.6. The lowest BCUT2D eigenvalue weighted by Gasteiger charge is -2.18. The Morgan fingerprint density at radius 1 is 1.00 bits per heavy atom. The van der Waals surface area contributed by atoms with Crippen LogP contribution in [0, 0.1) is 0 Å². The fourth-order valence-electron chi connectivity index (χ4n) is 2.21. The molecule has 2 aromatic carbocycles. The molecule has 4 rings (SSSR count). The van der Waals surface area contributed by atoms with E-state index in [0.29, 0.717) is 12.4 Å². The molecule has 0 fully saturated rings. The van der Waals surface area contributed by atoms with Gasteiger partial charge in [-0.25, -0.2) is 4.98 Å². The largest absolute Gasteiger partial charge is 0.508 e. The van der Waals surface area contributed by atoms with Crippen molar-refractivity contribution in [3.63, 3.8) is 0 Å². The van der Waals surface area contributed by atoms with Gasteiger partial charge in [-0.3, -0.25) is 0 Å². The number of fused-ring (bicyclic) bond motifs is 1. The van der Waals surface area contributed by atoms with Gasteiger partial charge in [-0.05, 0) is 41.5 Å². The summed E-state index contributed by atoms with van der Waals surface area (Å²) in [4.78, 5) is 6.42. The van der Waals surface area contributed by atoms with E-state index in [-0.39, 0.29) is 11.5 Å². The third-order valence-electron chi connectivity index (χ3n) is 3.35. The van der Waals surface area contributed by atoms with Gasteiger partial charge in [0, 0.05) is 24.0 Å². The minimum atomic E-state index is 0.204. The van der Waals surface area contributed by atoms with Gasteiger partial charge in [-0.15, -0.1) is 0 Å². The van der Waals surface area contributed by atoms with Crippen molar-refractivity contribution in [2.75, 3.05) is 6.61 Å². The molecule has 2 heterocycles. The first-order valence-electron chi connectivity index (χ1n) is 7.11. The number of nitrogens with zero attached hydrogens (tertiary/aromatic N) is 1. The zero-order valence-corrected chi connectivity index (χ0v) is 12.3. The van der Waals surface area contributed by atoms with Crippen LogP contribution in [0.2, 0.25) is 0 Å². The van der Waals surface area contributed by atoms with Crippen LogP contribution in [0.25, 0.3) is 11.6 Å². The highest BCUT2D eigenvalue weighted by Crippen LogP contribution is 2.33. The molecule has 0 atom stereocenters. The van der Waals surface area contributed by atoms with Crippen molar-refractivity contribution < 1.29 is 14.9 Å². The number of imidazole rings is 1. The van der Waals surface area contributed by atoms with E-state index >= 15 is 0 Å². The normalized spacial score (nSPS) is 12.3. The highest BCUT2D eigenvalue weighted by Gasteiger charge is 2.13. The number of phenols is 2. The summed E-state index contributed by atoms with van der Waals surface area (Å²) in [6, 6.07) is 12.1. The molecule has 116 valence electrons. The highest BCUT2D eigenvalue weighted by molar-refractivity contribution is 5.85. The van der Waals surface area contributed by atoms with Crippen molar-refractivity contribution in [2.24, 2.45) is 0 Å². The van der Waals surface area contributed by atoms with E-state index in [1.165, 1.54) is 0 Å². The average molecular weight is 308 g/mol. The van der Waals surface area contributed by atoms with Crippen molar-refractivity contribution in [2.45, 2.75) is 0 Å². The summed E-state index contributed by atoms with van der Waals surface area (Å²) in [7, 11) is 0. The van der Waals surface area contributed by atoms with Crippen molar-refractivity contribution in [1.29, 1.82) is 0 Å². The first kappa shape index (κ1) is 14.7. The van der Waals surface area contributed by atoms with Crippen molar-refractivity contribution in [3.05, 3.63) is 72.3 Å². The number of aromatic amines is 1. The van der Waals surface area contributed by atoms with E-state index in [2.05, 4.69) is 9.97 Å². The van der Waals surface area contributed by atoms with Crippen molar-refractivity contribution in [3.8, 4) is 17.2 Å². The summed E-state index contributed by atoms with van der Waals surface area (Å²) in [6.07, 6.45) is 7.12. The van der Waals surface area contributed by atoms with Gasteiger partial charge in [-0.2, -0.15) is 0 Å². The van der Waals surface area contributed by atoms with Crippen LogP contribution in [0.5, 0.6) is 17.2 Å². The Bertz CT molecular complexity index is 776. The van der Waals surface area contributed by atoms with Crippen LogP contribution in [-0.2, 0) is 0 Å². The molecule has 1 aromatic heterocycles. The van der Waals surface area contributed by atoms with E-state index in [0.717, 1.165) is 16.7 Å². The Kier molecular flexibility index (Phi) is 4.29. The third kappa shape index (κ3) is 3.71. The first-order chi connectivity index (χ1) is 11.2. The van der Waals surface area contributed by atoms with E-state index in [4.69, 9.17) is 4.74 Å². The van der Waals surface area contributed by atoms with Gasteiger partial charge in [0.2, 0.25) is 0 Å². The topological polar surface area (TPSA) is 78.4 Å². The maximum absolute atomic E-state index is 9.37. The summed E-state index contributed by atoms with van der Waals surface area (Å²) >= 11 is 0. The summed E-state index contributed by atoms with van der Waals surface area (Å²) in [6.45, 7) is 0.460. The fraction of sp³-hybridized carbons (Fsp3) is 0.0556. The second kappa shape index (κ2) is 6.70. The lowest BCUT2D eigenvalue weighted by Crippen LogP contribution is -2.06. The highest BCUT2D eigenvalue weighted by atomic mass is 16.5. The van der Waals surface area contributed by atoms with Gasteiger partial charge < -0.3 is 19.9 Å². The van der Waals surface area contributed by atoms with Gasteiger partial charge in [0.05, 0.1) is 6.33 Å². The van der Waals surface area contributed by atoms with Gasteiger partial charge in [-0.1, -0.05) is 12.1 Å². The summed E-state index contributed by atoms with van der Waals surface area (Å²) in [5.74, 6) is 1.15. The Labute approximate surface area is 133 Å². The predicted molar refractivity (Wildman–Crippen MR) is 88.2 cm³/mol. The molecule has 0 saturated heterocycles. The molecule has 5 nitrogen and oxygen atoms in total. The smallest absolute Gasteiger partial charge is 0.130 e. The van der Waals surface area contributed by atoms with Crippen LogP contribution in [0.1, 0.15) is 11.1 Å². The predicted octanol–water partition coefficient (Wildman–Crippen LogP) is 3.44. The third-order valence-corrected chi connectivity index (χ3v) is 3.35. The second-order valence-corrected chi connectivity index (χ2v) is 4.99. The quantitative estimate of drug-likeness (QED) is 0.643. The number of hydrogen-bond donors (Lipinski definition) is 3. The monoisotopic (exact) mass is 308 g/mol. The number of nitrogens with one attached hydrogen (secondary N) is 1. The van der Waals surface area contributed by atoms with E-state index < -0.39 is 0 Å². The standard InChI is InChI=1S/C15H12O3.C3H4N2/c16-13-4-1-10(2-5-13)12-7-11-3-6-14(17)8-15(11)18-9-12;1-2-5-3-4-1/h1-8,16-17H,9H2;1-3H,(H,4,5). The second-order valence-electron chi connectivity index (χ2n) is 4.99. The summed E-state index contributed by atoms with van der Waals surface area (Å²) < 4.78 is 5.61. The fourth-order valence-corrected chi connectivity index (χ4v) is 2.21. The molecule has 0 amide bonds. The molecule has 23 heavy (non-hydrogen) atoms. The van der Waals surface area contributed by atoms with Crippen LogP contribution in [0.4, 0.5) is 0 Å². The van der Waals surface area contributed by atoms with Crippen LogP contribution in [-0.4, -0.2) is 26.8 Å². The molecule has 0 bridgehead atoms. The van der Waals surface area contributed by atoms with Gasteiger partial charge in [0.15, 0.2) is 0 Å². The minimum Gasteiger partial charge on any atom is -0.508 e. The number of aromatic hydroxyl groups is 2. The van der Waals surface area contributed by atoms with E-state index in [9.17, 15) is 10.2 Å². The Morgan fingerprint density at radius 3 is 2.43 bits per heavy atom. The van der Waals surface area contributed by atoms with E-state index in [1.54, 1.807) is 43.0 Å². The minimum absolute atomic E-state index is 0.204. The lowest BCUT2D eigenvalue weighted by atomic mass is 10.0. The number of H-pyrrole nitrogens is 1. The number of ether oxygens (including phenoxy) is 1. The number of phenolic OH excluding ortho intramolecular Hbond substituents is 2. The first-order valence-corrected chi connectivity index (χ1v) is 7.11. The zero-order valence-electron chi connectivity index (χ0n) is 12.3. The molecular weight excluding hydrogens is 292 g/mol. The van der Waals surface area contributed by atoms with Crippen LogP contribution < -0.4 is 4.74 Å². The molecule has 1 aliphatic heterocycles. The van der Waals surface area contributed by atoms with Gasteiger partial charge in [0.25, 0.3) is 0 Å². The van der Waals surface area contributed by atoms with Crippen molar-refractivity contribution in [1.82, 2.24) is 9.97 Å². The molecule has 0 saturated carbocycles. The molecule has 1 aliphatic rings. The van der Waals surface area contributed by atoms with E-state index in [1.807, 2.05) is 24.3 Å². The molecular formula is C18H16N2O3. The Balaban J connectivity index is 0.000000267. The number of aromatic nitrogens is 2. The maximum atomic E-state index is 9.37. The average Bonchev–Trinajstić information content (AvgIpc) is 3.15. The van der Waals surface area contributed by atoms with Gasteiger partial charge >= 0.3 is 0 Å². The zero-order chi connectivity index (χ0) is 16.1. The van der Waals surface area contributed by atoms with Crippen LogP contribution in [0.15, 0.2) is 61.2 Å². The van der Waals surface area contributed by atoms with Gasteiger partial charge in [0.1, 0.15) is 23.9 Å². The Morgan fingerprint density at radius 2 is 1.78 bits per heavy atom. The molecule has 3 N–H and O–H groups in total. The molecule has 0 radical (unpaired) electrons. The van der Waals surface area contributed by atoms with Crippen molar-refractivity contribution >= 4 is 11.6 Å². The SMILES string of the molecule is Oc1ccc(C2=Cc3ccc(O)cc3OC2)cc1.c1c[nH]cn1. The summed E-state index contributed by atoms with van der Waals surface area (Å²) in [5.41, 5.74) is 3.02.